The molecule has 0 unspecified atom stereocenters. The summed E-state index contributed by atoms with van der Waals surface area (Å²) in [5, 5.41) is 7.83. The summed E-state index contributed by atoms with van der Waals surface area (Å²) in [6, 6.07) is 6.84. The van der Waals surface area contributed by atoms with E-state index >= 15 is 0 Å². The Morgan fingerprint density at radius 2 is 1.87 bits per heavy atom. The lowest BCUT2D eigenvalue weighted by Gasteiger charge is -2.17. The van der Waals surface area contributed by atoms with Crippen molar-refractivity contribution in [1.29, 1.82) is 0 Å². The van der Waals surface area contributed by atoms with E-state index in [0.717, 1.165) is 12.1 Å². The number of anilines is 2. The highest BCUT2D eigenvalue weighted by Crippen LogP contribution is 2.37. The Hall–Kier alpha value is -4.75. The number of H-pyrrole nitrogens is 1. The maximum atomic E-state index is 13.3. The fourth-order valence-corrected chi connectivity index (χ4v) is 3.68. The fraction of sp³-hybridized carbons (Fsp3) is 0.208. The first-order valence-electron chi connectivity index (χ1n) is 11.3. The number of aromatic nitrogens is 4. The number of hydrogen-bond acceptors (Lipinski definition) is 7. The van der Waals surface area contributed by atoms with Crippen LogP contribution in [-0.4, -0.2) is 37.5 Å². The number of carbonyl (C=O) groups is 2. The van der Waals surface area contributed by atoms with Crippen LogP contribution in [0.3, 0.4) is 0 Å². The molecule has 2 amide bonds. The van der Waals surface area contributed by atoms with Crippen LogP contribution >= 0.6 is 0 Å². The number of rotatable bonds is 7. The predicted molar refractivity (Wildman–Crippen MR) is 126 cm³/mol. The number of pyridine rings is 2. The summed E-state index contributed by atoms with van der Waals surface area (Å²) >= 11 is 0. The second-order valence-corrected chi connectivity index (χ2v) is 8.57. The van der Waals surface area contributed by atoms with E-state index in [4.69, 9.17) is 4.74 Å². The van der Waals surface area contributed by atoms with E-state index in [1.165, 1.54) is 36.9 Å². The van der Waals surface area contributed by atoms with Gasteiger partial charge in [0.2, 0.25) is 5.91 Å². The number of fused-ring (bicyclic) bond motifs is 1. The van der Waals surface area contributed by atoms with Crippen LogP contribution in [-0.2, 0) is 17.5 Å². The summed E-state index contributed by atoms with van der Waals surface area (Å²) in [6.45, 7) is 0.0156. The minimum absolute atomic E-state index is 0.0156. The van der Waals surface area contributed by atoms with Gasteiger partial charge in [0.25, 0.3) is 0 Å². The van der Waals surface area contributed by atoms with E-state index in [1.54, 1.807) is 0 Å². The van der Waals surface area contributed by atoms with Crippen molar-refractivity contribution in [2.24, 2.45) is 0 Å². The Bertz CT molecular complexity index is 1500. The van der Waals surface area contributed by atoms with Crippen LogP contribution in [0.25, 0.3) is 11.2 Å². The molecular formula is C24H19F4N7O3. The number of benzene rings is 1. The Balaban J connectivity index is 1.15. The molecule has 1 fully saturated rings. The molecule has 0 radical (unpaired) electrons. The minimum atomic E-state index is -4.74. The van der Waals surface area contributed by atoms with Crippen molar-refractivity contribution >= 4 is 34.5 Å². The number of hydrogen-bond donors (Lipinski definition) is 4. The number of nitrogens with one attached hydrogen (secondary N) is 4. The summed E-state index contributed by atoms with van der Waals surface area (Å²) in [4.78, 5) is 40.1. The second-order valence-electron chi connectivity index (χ2n) is 8.57. The second kappa shape index (κ2) is 9.61. The first-order chi connectivity index (χ1) is 18.1. The van der Waals surface area contributed by atoms with Crippen LogP contribution in [0.15, 0.2) is 55.1 Å². The van der Waals surface area contributed by atoms with Gasteiger partial charge in [-0.3, -0.25) is 9.78 Å². The summed E-state index contributed by atoms with van der Waals surface area (Å²) in [5.74, 6) is -1.27. The molecule has 3 aromatic heterocycles. The van der Waals surface area contributed by atoms with Crippen molar-refractivity contribution in [1.82, 2.24) is 30.6 Å². The molecular weight excluding hydrogens is 510 g/mol. The Labute approximate surface area is 211 Å². The molecule has 1 aliphatic carbocycles. The molecule has 0 spiro atoms. The smallest absolute Gasteiger partial charge is 0.409 e. The maximum Gasteiger partial charge on any atom is 0.418 e. The van der Waals surface area contributed by atoms with Crippen molar-refractivity contribution in [2.75, 3.05) is 5.32 Å². The van der Waals surface area contributed by atoms with E-state index in [0.29, 0.717) is 35.8 Å². The molecule has 1 aliphatic rings. The molecule has 1 saturated carbocycles. The van der Waals surface area contributed by atoms with Crippen molar-refractivity contribution in [2.45, 2.75) is 31.1 Å². The van der Waals surface area contributed by atoms with Gasteiger partial charge in [-0.15, -0.1) is 0 Å². The van der Waals surface area contributed by atoms with Crippen LogP contribution in [0.2, 0.25) is 0 Å². The Kier molecular flexibility index (Phi) is 6.30. The number of nitrogens with zero attached hydrogens (tertiary/aromatic N) is 3. The normalized spacial score (nSPS) is 14.1. The van der Waals surface area contributed by atoms with Gasteiger partial charge in [0.1, 0.15) is 16.9 Å². The Morgan fingerprint density at radius 3 is 2.58 bits per heavy atom. The van der Waals surface area contributed by atoms with Crippen LogP contribution in [0, 0.1) is 5.82 Å². The third-order valence-corrected chi connectivity index (χ3v) is 5.80. The zero-order chi connectivity index (χ0) is 26.9. The number of ether oxygens (including phenoxy) is 1. The van der Waals surface area contributed by atoms with Crippen molar-refractivity contribution in [3.05, 3.63) is 72.2 Å². The topological polar surface area (TPSA) is 134 Å². The zero-order valence-corrected chi connectivity index (χ0v) is 19.4. The van der Waals surface area contributed by atoms with Gasteiger partial charge in [0, 0.05) is 6.07 Å². The average molecular weight is 529 g/mol. The molecule has 196 valence electrons. The molecule has 14 heteroatoms. The predicted octanol–water partition coefficient (Wildman–Crippen LogP) is 4.19. The van der Waals surface area contributed by atoms with Gasteiger partial charge >= 0.3 is 12.3 Å². The number of carbonyl (C=O) groups excluding carboxylic acids is 2. The molecule has 4 aromatic rings. The zero-order valence-electron chi connectivity index (χ0n) is 19.4. The molecule has 0 aliphatic heterocycles. The van der Waals surface area contributed by atoms with Crippen LogP contribution in [0.1, 0.15) is 24.1 Å². The molecule has 3 heterocycles. The highest BCUT2D eigenvalue weighted by Gasteiger charge is 2.51. The molecule has 10 nitrogen and oxygen atoms in total. The van der Waals surface area contributed by atoms with Crippen molar-refractivity contribution in [3.63, 3.8) is 0 Å². The molecule has 0 atom stereocenters. The van der Waals surface area contributed by atoms with E-state index < -0.39 is 35.1 Å². The molecule has 38 heavy (non-hydrogen) atoms. The van der Waals surface area contributed by atoms with Crippen LogP contribution in [0.4, 0.5) is 33.7 Å². The monoisotopic (exact) mass is 529 g/mol. The van der Waals surface area contributed by atoms with Gasteiger partial charge in [-0.25, -0.2) is 19.2 Å². The van der Waals surface area contributed by atoms with E-state index in [2.05, 4.69) is 35.9 Å². The third-order valence-electron chi connectivity index (χ3n) is 5.80. The van der Waals surface area contributed by atoms with Gasteiger partial charge in [0.05, 0.1) is 47.9 Å². The maximum absolute atomic E-state index is 13.3. The number of alkyl halides is 3. The first-order valence-corrected chi connectivity index (χ1v) is 11.3. The van der Waals surface area contributed by atoms with Gasteiger partial charge < -0.3 is 25.7 Å². The minimum Gasteiger partial charge on any atom is -0.409 e. The van der Waals surface area contributed by atoms with Crippen molar-refractivity contribution in [3.8, 4) is 5.75 Å². The van der Waals surface area contributed by atoms with Gasteiger partial charge in [-0.1, -0.05) is 0 Å². The third kappa shape index (κ3) is 5.48. The standard InChI is InChI=1S/C24H19F4N7O3/c25-13-1-4-18(17(7-13)24(26,27)28)34-15-3-2-14(29-10-15)9-31-21(36)23(5-6-23)35-22(37)38-16-8-19-20(30-11-16)33-12-32-19/h1-4,7-8,10-12,34H,5-6,9H2,(H,31,36)(H,35,37)(H,30,32,33). The van der Waals surface area contributed by atoms with E-state index in [-0.39, 0.29) is 23.7 Å². The van der Waals surface area contributed by atoms with Crippen molar-refractivity contribution < 1.29 is 31.9 Å². The summed E-state index contributed by atoms with van der Waals surface area (Å²) in [5.41, 5.74) is -0.864. The van der Waals surface area contributed by atoms with Crippen LogP contribution < -0.4 is 20.7 Å². The first kappa shape index (κ1) is 24.9. The highest BCUT2D eigenvalue weighted by atomic mass is 19.4. The summed E-state index contributed by atoms with van der Waals surface area (Å²) in [7, 11) is 0. The average Bonchev–Trinajstić information content (AvgIpc) is 3.50. The van der Waals surface area contributed by atoms with Crippen LogP contribution in [0.5, 0.6) is 5.75 Å². The van der Waals surface area contributed by atoms with E-state index in [9.17, 15) is 27.2 Å². The summed E-state index contributed by atoms with van der Waals surface area (Å²) < 4.78 is 58.1. The summed E-state index contributed by atoms with van der Waals surface area (Å²) in [6.07, 6.45) is -0.631. The molecule has 5 rings (SSSR count). The largest absolute Gasteiger partial charge is 0.418 e. The lowest BCUT2D eigenvalue weighted by Crippen LogP contribution is -2.49. The molecule has 1 aromatic carbocycles. The molecule has 4 N–H and O–H groups in total. The SMILES string of the molecule is O=C(NC1(C(=O)NCc2ccc(Nc3ccc(F)cc3C(F)(F)F)cn2)CC1)Oc1cnc2[nH]cnc2c1. The lowest BCUT2D eigenvalue weighted by atomic mass is 10.1. The van der Waals surface area contributed by atoms with Gasteiger partial charge in [0.15, 0.2) is 11.4 Å². The number of imidazole rings is 1. The van der Waals surface area contributed by atoms with Gasteiger partial charge in [-0.2, -0.15) is 13.2 Å². The fourth-order valence-electron chi connectivity index (χ4n) is 3.68. The Morgan fingerprint density at radius 1 is 1.05 bits per heavy atom. The number of amides is 2. The number of halogens is 4. The number of aromatic amines is 1. The van der Waals surface area contributed by atoms with Gasteiger partial charge in [-0.05, 0) is 43.2 Å². The highest BCUT2D eigenvalue weighted by molar-refractivity contribution is 5.93. The van der Waals surface area contributed by atoms with E-state index in [1.807, 2.05) is 0 Å². The lowest BCUT2D eigenvalue weighted by molar-refractivity contribution is -0.137. The molecule has 0 saturated heterocycles. The quantitative estimate of drug-likeness (QED) is 0.264. The molecule has 0 bridgehead atoms.